The summed E-state index contributed by atoms with van der Waals surface area (Å²) in [4.78, 5) is 27.1. The third-order valence-corrected chi connectivity index (χ3v) is 4.02. The number of rotatable bonds is 6. The van der Waals surface area contributed by atoms with Gasteiger partial charge in [-0.1, -0.05) is 17.7 Å². The van der Waals surface area contributed by atoms with Gasteiger partial charge >= 0.3 is 5.97 Å². The number of anilines is 1. The van der Waals surface area contributed by atoms with Crippen LogP contribution in [0.4, 0.5) is 5.69 Å². The van der Waals surface area contributed by atoms with Crippen LogP contribution in [0.15, 0.2) is 42.5 Å². The molecule has 0 aliphatic heterocycles. The Morgan fingerprint density at radius 3 is 2.63 bits per heavy atom. The van der Waals surface area contributed by atoms with Crippen molar-refractivity contribution in [3.05, 3.63) is 53.2 Å². The fourth-order valence-corrected chi connectivity index (χ4v) is 2.74. The summed E-state index contributed by atoms with van der Waals surface area (Å²) in [5.41, 5.74) is 1.35. The van der Waals surface area contributed by atoms with Gasteiger partial charge in [0.25, 0.3) is 5.91 Å². The molecule has 140 valence electrons. The maximum Gasteiger partial charge on any atom is 0.355 e. The van der Waals surface area contributed by atoms with Crippen LogP contribution < -0.4 is 14.8 Å². The van der Waals surface area contributed by atoms with Crippen LogP contribution in [-0.4, -0.2) is 37.7 Å². The average Bonchev–Trinajstić information content (AvgIpc) is 3.09. The number of aromatic nitrogens is 1. The van der Waals surface area contributed by atoms with Crippen LogP contribution in [0.1, 0.15) is 10.5 Å². The Morgan fingerprint density at radius 2 is 1.93 bits per heavy atom. The van der Waals surface area contributed by atoms with Crippen molar-refractivity contribution in [3.8, 4) is 11.5 Å². The number of fused-ring (bicyclic) bond motifs is 1. The third kappa shape index (κ3) is 4.32. The Labute approximate surface area is 160 Å². The first-order valence-corrected chi connectivity index (χ1v) is 8.35. The molecule has 27 heavy (non-hydrogen) atoms. The molecule has 0 unspecified atom stereocenters. The summed E-state index contributed by atoms with van der Waals surface area (Å²) in [7, 11) is 3.06. The minimum absolute atomic E-state index is 0.201. The van der Waals surface area contributed by atoms with E-state index >= 15 is 0 Å². The van der Waals surface area contributed by atoms with E-state index in [1.807, 2.05) is 0 Å². The largest absolute Gasteiger partial charge is 0.497 e. The molecule has 1 aromatic heterocycles. The minimum Gasteiger partial charge on any atom is -0.497 e. The maximum atomic E-state index is 12.3. The molecule has 0 spiro atoms. The smallest absolute Gasteiger partial charge is 0.355 e. The van der Waals surface area contributed by atoms with E-state index in [1.165, 1.54) is 7.11 Å². The average molecular weight is 389 g/mol. The van der Waals surface area contributed by atoms with Crippen LogP contribution in [0, 0.1) is 0 Å². The maximum absolute atomic E-state index is 12.3. The van der Waals surface area contributed by atoms with Crippen molar-refractivity contribution < 1.29 is 23.8 Å². The summed E-state index contributed by atoms with van der Waals surface area (Å²) in [5.74, 6) is -0.00397. The zero-order valence-corrected chi connectivity index (χ0v) is 15.4. The Bertz CT molecular complexity index is 999. The standard InChI is InChI=1S/C19H17ClN2O5/c1-25-14-6-11-7-15(22-18(11)16(9-14)26-2)19(24)27-10-17(23)21-13-5-3-4-12(20)8-13/h3-9,22H,10H2,1-2H3,(H,21,23). The molecule has 0 saturated carbocycles. The summed E-state index contributed by atoms with van der Waals surface area (Å²) >= 11 is 5.86. The molecule has 3 rings (SSSR count). The van der Waals surface area contributed by atoms with Gasteiger partial charge in [0.15, 0.2) is 6.61 Å². The van der Waals surface area contributed by atoms with Crippen molar-refractivity contribution >= 4 is 40.1 Å². The summed E-state index contributed by atoms with van der Waals surface area (Å²) in [6, 6.07) is 11.7. The van der Waals surface area contributed by atoms with Crippen molar-refractivity contribution in [2.45, 2.75) is 0 Å². The van der Waals surface area contributed by atoms with Crippen LogP contribution in [-0.2, 0) is 9.53 Å². The lowest BCUT2D eigenvalue weighted by atomic mass is 10.2. The monoisotopic (exact) mass is 388 g/mol. The quantitative estimate of drug-likeness (QED) is 0.629. The van der Waals surface area contributed by atoms with Crippen molar-refractivity contribution in [2.75, 3.05) is 26.1 Å². The Kier molecular flexibility index (Phi) is 5.52. The molecule has 0 atom stereocenters. The number of aromatic amines is 1. The van der Waals surface area contributed by atoms with Crippen LogP contribution in [0.2, 0.25) is 5.02 Å². The van der Waals surface area contributed by atoms with Gasteiger partial charge in [0.1, 0.15) is 17.2 Å². The number of H-pyrrole nitrogens is 1. The van der Waals surface area contributed by atoms with E-state index in [1.54, 1.807) is 49.6 Å². The second-order valence-corrected chi connectivity index (χ2v) is 6.05. The molecule has 0 bridgehead atoms. The fraction of sp³-hybridized carbons (Fsp3) is 0.158. The van der Waals surface area contributed by atoms with Crippen molar-refractivity contribution in [2.24, 2.45) is 0 Å². The molecule has 7 nitrogen and oxygen atoms in total. The molecule has 0 saturated heterocycles. The highest BCUT2D eigenvalue weighted by Crippen LogP contribution is 2.31. The molecule has 1 amide bonds. The number of benzene rings is 2. The molecule has 2 N–H and O–H groups in total. The van der Waals surface area contributed by atoms with Gasteiger partial charge in [0.05, 0.1) is 19.7 Å². The molecule has 3 aromatic rings. The summed E-state index contributed by atoms with van der Waals surface area (Å²) < 4.78 is 15.6. The predicted octanol–water partition coefficient (Wildman–Crippen LogP) is 3.63. The Balaban J connectivity index is 1.68. The van der Waals surface area contributed by atoms with E-state index in [-0.39, 0.29) is 5.69 Å². The van der Waals surface area contributed by atoms with Gasteiger partial charge in [-0.2, -0.15) is 0 Å². The SMILES string of the molecule is COc1cc(OC)c2[nH]c(C(=O)OCC(=O)Nc3cccc(Cl)c3)cc2c1. The number of halogens is 1. The van der Waals surface area contributed by atoms with E-state index in [4.69, 9.17) is 25.8 Å². The first-order valence-electron chi connectivity index (χ1n) is 7.97. The van der Waals surface area contributed by atoms with Crippen LogP contribution in [0.25, 0.3) is 10.9 Å². The minimum atomic E-state index is -0.659. The number of methoxy groups -OCH3 is 2. The van der Waals surface area contributed by atoms with E-state index in [9.17, 15) is 9.59 Å². The van der Waals surface area contributed by atoms with Gasteiger partial charge in [0.2, 0.25) is 0 Å². The number of carbonyl (C=O) groups is 2. The molecular formula is C19H17ClN2O5. The zero-order valence-electron chi connectivity index (χ0n) is 14.7. The lowest BCUT2D eigenvalue weighted by Crippen LogP contribution is -2.21. The highest BCUT2D eigenvalue weighted by molar-refractivity contribution is 6.30. The van der Waals surface area contributed by atoms with Gasteiger partial charge in [-0.25, -0.2) is 4.79 Å². The summed E-state index contributed by atoms with van der Waals surface area (Å²) in [6.07, 6.45) is 0. The van der Waals surface area contributed by atoms with E-state index in [2.05, 4.69) is 10.3 Å². The summed E-state index contributed by atoms with van der Waals surface area (Å²) in [5, 5.41) is 3.82. The second kappa shape index (κ2) is 8.01. The van der Waals surface area contributed by atoms with E-state index < -0.39 is 18.5 Å². The van der Waals surface area contributed by atoms with Crippen molar-refractivity contribution in [1.82, 2.24) is 4.98 Å². The molecule has 0 aliphatic carbocycles. The first kappa shape index (κ1) is 18.6. The van der Waals surface area contributed by atoms with Crippen molar-refractivity contribution in [3.63, 3.8) is 0 Å². The molecule has 1 heterocycles. The molecular weight excluding hydrogens is 372 g/mol. The number of ether oxygens (including phenoxy) is 3. The Morgan fingerprint density at radius 1 is 1.11 bits per heavy atom. The lowest BCUT2D eigenvalue weighted by Gasteiger charge is -2.06. The highest BCUT2D eigenvalue weighted by Gasteiger charge is 2.16. The van der Waals surface area contributed by atoms with Crippen LogP contribution in [0.3, 0.4) is 0 Å². The fourth-order valence-electron chi connectivity index (χ4n) is 2.55. The number of hydrogen-bond acceptors (Lipinski definition) is 5. The van der Waals surface area contributed by atoms with Crippen LogP contribution in [0.5, 0.6) is 11.5 Å². The lowest BCUT2D eigenvalue weighted by molar-refractivity contribution is -0.119. The van der Waals surface area contributed by atoms with Gasteiger partial charge in [-0.15, -0.1) is 0 Å². The number of amides is 1. The van der Waals surface area contributed by atoms with Crippen LogP contribution >= 0.6 is 11.6 Å². The molecule has 0 fully saturated rings. The van der Waals surface area contributed by atoms with Gasteiger partial charge in [-0.3, -0.25) is 4.79 Å². The zero-order chi connectivity index (χ0) is 19.4. The van der Waals surface area contributed by atoms with Gasteiger partial charge in [0, 0.05) is 22.2 Å². The third-order valence-electron chi connectivity index (χ3n) is 3.78. The molecule has 0 radical (unpaired) electrons. The molecule has 8 heteroatoms. The number of carbonyl (C=O) groups excluding carboxylic acids is 2. The molecule has 2 aromatic carbocycles. The number of nitrogens with one attached hydrogen (secondary N) is 2. The number of hydrogen-bond donors (Lipinski definition) is 2. The normalized spacial score (nSPS) is 10.5. The number of esters is 1. The topological polar surface area (TPSA) is 89.7 Å². The second-order valence-electron chi connectivity index (χ2n) is 5.61. The highest BCUT2D eigenvalue weighted by atomic mass is 35.5. The van der Waals surface area contributed by atoms with Gasteiger partial charge in [-0.05, 0) is 30.3 Å². The van der Waals surface area contributed by atoms with Gasteiger partial charge < -0.3 is 24.5 Å². The predicted molar refractivity (Wildman–Crippen MR) is 102 cm³/mol. The molecule has 0 aliphatic rings. The first-order chi connectivity index (χ1) is 13.0. The van der Waals surface area contributed by atoms with E-state index in [0.717, 1.165) is 5.39 Å². The Hall–Kier alpha value is -3.19. The van der Waals surface area contributed by atoms with E-state index in [0.29, 0.717) is 27.7 Å². The van der Waals surface area contributed by atoms with Crippen molar-refractivity contribution in [1.29, 1.82) is 0 Å². The summed E-state index contributed by atoms with van der Waals surface area (Å²) in [6.45, 7) is -0.429.